The molecule has 0 saturated carbocycles. The van der Waals surface area contributed by atoms with Crippen molar-refractivity contribution in [2.75, 3.05) is 0 Å². The van der Waals surface area contributed by atoms with Gasteiger partial charge in [-0.3, -0.25) is 0 Å². The molecular formula is C26H37BrO2. The van der Waals surface area contributed by atoms with Gasteiger partial charge in [0.25, 0.3) is 0 Å². The van der Waals surface area contributed by atoms with Gasteiger partial charge in [0.05, 0.1) is 0 Å². The van der Waals surface area contributed by atoms with Gasteiger partial charge >= 0.3 is 0 Å². The summed E-state index contributed by atoms with van der Waals surface area (Å²) in [6.07, 6.45) is 0.935. The van der Waals surface area contributed by atoms with E-state index in [0.717, 1.165) is 28.7 Å². The van der Waals surface area contributed by atoms with Crippen LogP contribution in [0.2, 0.25) is 0 Å². The van der Waals surface area contributed by atoms with E-state index in [9.17, 15) is 10.2 Å². The summed E-state index contributed by atoms with van der Waals surface area (Å²) in [7, 11) is 0. The van der Waals surface area contributed by atoms with Crippen LogP contribution in [0.3, 0.4) is 0 Å². The molecule has 2 aromatic rings. The molecule has 0 aromatic heterocycles. The first kappa shape index (κ1) is 23.8. The molecule has 0 radical (unpaired) electrons. The van der Waals surface area contributed by atoms with E-state index in [1.54, 1.807) is 0 Å². The predicted molar refractivity (Wildman–Crippen MR) is 128 cm³/mol. The summed E-state index contributed by atoms with van der Waals surface area (Å²) in [5.74, 6) is 0.900. The molecule has 0 aliphatic rings. The number of hydrogen-bond acceptors (Lipinski definition) is 2. The minimum Gasteiger partial charge on any atom is -0.508 e. The van der Waals surface area contributed by atoms with Crippen LogP contribution in [-0.2, 0) is 10.8 Å². The van der Waals surface area contributed by atoms with Crippen molar-refractivity contribution in [3.05, 3.63) is 57.6 Å². The van der Waals surface area contributed by atoms with Crippen molar-refractivity contribution in [3.63, 3.8) is 0 Å². The summed E-state index contributed by atoms with van der Waals surface area (Å²) in [5, 5.41) is 21.2. The van der Waals surface area contributed by atoms with Gasteiger partial charge < -0.3 is 10.2 Å². The average Bonchev–Trinajstić information content (AvgIpc) is 2.50. The molecule has 2 nitrogen and oxygen atoms in total. The topological polar surface area (TPSA) is 40.5 Å². The molecule has 1 unspecified atom stereocenters. The van der Waals surface area contributed by atoms with Crippen LogP contribution in [0.15, 0.2) is 24.3 Å². The van der Waals surface area contributed by atoms with Crippen LogP contribution in [-0.4, -0.2) is 15.0 Å². The molecule has 29 heavy (non-hydrogen) atoms. The first-order valence-electron chi connectivity index (χ1n) is 10.4. The molecule has 0 aliphatic carbocycles. The summed E-state index contributed by atoms with van der Waals surface area (Å²) in [4.78, 5) is 0.338. The van der Waals surface area contributed by atoms with E-state index < -0.39 is 0 Å². The highest BCUT2D eigenvalue weighted by Crippen LogP contribution is 2.42. The third-order valence-corrected chi connectivity index (χ3v) is 6.07. The lowest BCUT2D eigenvalue weighted by molar-refractivity contribution is 0.445. The first-order valence-corrected chi connectivity index (χ1v) is 11.4. The van der Waals surface area contributed by atoms with Gasteiger partial charge in [-0.05, 0) is 76.6 Å². The lowest BCUT2D eigenvalue weighted by Crippen LogP contribution is -2.17. The van der Waals surface area contributed by atoms with E-state index in [4.69, 9.17) is 0 Å². The van der Waals surface area contributed by atoms with Crippen LogP contribution in [0.4, 0.5) is 0 Å². The third kappa shape index (κ3) is 5.36. The number of phenols is 2. The minimum absolute atomic E-state index is 0.141. The van der Waals surface area contributed by atoms with Crippen molar-refractivity contribution in [3.8, 4) is 11.5 Å². The van der Waals surface area contributed by atoms with E-state index in [0.29, 0.717) is 16.3 Å². The zero-order valence-corrected chi connectivity index (χ0v) is 21.0. The van der Waals surface area contributed by atoms with Crippen molar-refractivity contribution >= 4 is 15.9 Å². The van der Waals surface area contributed by atoms with E-state index in [2.05, 4.69) is 90.4 Å². The second-order valence-electron chi connectivity index (χ2n) is 10.5. The van der Waals surface area contributed by atoms with Crippen LogP contribution >= 0.6 is 15.9 Å². The Bertz CT molecular complexity index is 814. The molecule has 0 fully saturated rings. The number of benzene rings is 2. The van der Waals surface area contributed by atoms with Gasteiger partial charge in [-0.15, -0.1) is 0 Å². The Hall–Kier alpha value is -1.48. The first-order chi connectivity index (χ1) is 13.1. The molecule has 3 heteroatoms. The maximum atomic E-state index is 10.6. The van der Waals surface area contributed by atoms with Gasteiger partial charge in [0.1, 0.15) is 11.5 Å². The monoisotopic (exact) mass is 460 g/mol. The number of alkyl halides is 1. The SMILES string of the molecule is Cc1cc(O)c(C(C)(C)C)cc1C(CC(C)Br)c1cc(C(C)(C)C)c(O)cc1C. The molecule has 0 spiro atoms. The Labute approximate surface area is 185 Å². The molecule has 0 bridgehead atoms. The van der Waals surface area contributed by atoms with Gasteiger partial charge in [0.15, 0.2) is 0 Å². The summed E-state index contributed by atoms with van der Waals surface area (Å²) >= 11 is 3.76. The Morgan fingerprint density at radius 2 is 1.10 bits per heavy atom. The van der Waals surface area contributed by atoms with Crippen molar-refractivity contribution < 1.29 is 10.2 Å². The molecular weight excluding hydrogens is 424 g/mol. The van der Waals surface area contributed by atoms with Crippen molar-refractivity contribution in [2.45, 2.75) is 90.3 Å². The van der Waals surface area contributed by atoms with Crippen LogP contribution in [0.5, 0.6) is 11.5 Å². The van der Waals surface area contributed by atoms with Crippen LogP contribution in [0.25, 0.3) is 0 Å². The number of rotatable bonds is 4. The normalized spacial score (nSPS) is 13.8. The van der Waals surface area contributed by atoms with E-state index in [-0.39, 0.29) is 16.7 Å². The van der Waals surface area contributed by atoms with Crippen molar-refractivity contribution in [2.24, 2.45) is 0 Å². The van der Waals surface area contributed by atoms with Gasteiger partial charge in [-0.25, -0.2) is 0 Å². The van der Waals surface area contributed by atoms with Crippen LogP contribution in [0.1, 0.15) is 94.2 Å². The summed E-state index contributed by atoms with van der Waals surface area (Å²) < 4.78 is 0. The quantitative estimate of drug-likeness (QED) is 0.460. The Kier molecular flexibility index (Phi) is 6.84. The summed E-state index contributed by atoms with van der Waals surface area (Å²) in [6, 6.07) is 8.19. The van der Waals surface area contributed by atoms with Crippen LogP contribution in [0, 0.1) is 13.8 Å². The zero-order chi connectivity index (χ0) is 22.3. The fraction of sp³-hybridized carbons (Fsp3) is 0.538. The zero-order valence-electron chi connectivity index (χ0n) is 19.4. The maximum absolute atomic E-state index is 10.6. The fourth-order valence-electron chi connectivity index (χ4n) is 4.12. The lowest BCUT2D eigenvalue weighted by atomic mass is 9.76. The highest BCUT2D eigenvalue weighted by atomic mass is 79.9. The molecule has 0 saturated heterocycles. The second kappa shape index (κ2) is 8.34. The third-order valence-electron chi connectivity index (χ3n) is 5.70. The molecule has 2 aromatic carbocycles. The molecule has 0 aliphatic heterocycles. The molecule has 2 N–H and O–H groups in total. The Morgan fingerprint density at radius 1 is 0.759 bits per heavy atom. The van der Waals surface area contributed by atoms with Crippen LogP contribution < -0.4 is 0 Å². The minimum atomic E-state index is -0.141. The van der Waals surface area contributed by atoms with Gasteiger partial charge in [0.2, 0.25) is 0 Å². The van der Waals surface area contributed by atoms with Crippen molar-refractivity contribution in [1.82, 2.24) is 0 Å². The molecule has 160 valence electrons. The van der Waals surface area contributed by atoms with Gasteiger partial charge in [-0.2, -0.15) is 0 Å². The number of hydrogen-bond donors (Lipinski definition) is 2. The lowest BCUT2D eigenvalue weighted by Gasteiger charge is -2.29. The van der Waals surface area contributed by atoms with Gasteiger partial charge in [0, 0.05) is 10.7 Å². The molecule has 2 rings (SSSR count). The average molecular weight is 461 g/mol. The van der Waals surface area contributed by atoms with E-state index in [1.165, 1.54) is 11.1 Å². The molecule has 0 amide bonds. The summed E-state index contributed by atoms with van der Waals surface area (Å²) in [5.41, 5.74) is 6.34. The number of aromatic hydroxyl groups is 2. The number of halogens is 1. The maximum Gasteiger partial charge on any atom is 0.119 e. The molecule has 0 heterocycles. The smallest absolute Gasteiger partial charge is 0.119 e. The molecule has 1 atom stereocenters. The predicted octanol–water partition coefficient (Wildman–Crippen LogP) is 7.62. The van der Waals surface area contributed by atoms with Crippen molar-refractivity contribution in [1.29, 1.82) is 0 Å². The van der Waals surface area contributed by atoms with E-state index >= 15 is 0 Å². The fourth-order valence-corrected chi connectivity index (χ4v) is 4.49. The standard InChI is InChI=1S/C26H37BrO2/c1-15-10-23(28)21(25(4,5)6)13-18(15)20(12-17(3)27)19-14-22(26(7,8)9)24(29)11-16(19)2/h10-11,13-14,17,20,28-29H,12H2,1-9H3. The Morgan fingerprint density at radius 3 is 1.38 bits per heavy atom. The highest BCUT2D eigenvalue weighted by molar-refractivity contribution is 9.09. The highest BCUT2D eigenvalue weighted by Gasteiger charge is 2.27. The largest absolute Gasteiger partial charge is 0.508 e. The second-order valence-corrected chi connectivity index (χ2v) is 12.1. The Balaban J connectivity index is 2.78. The van der Waals surface area contributed by atoms with E-state index in [1.807, 2.05) is 12.1 Å². The number of phenolic OH excluding ortho intramolecular Hbond substituents is 2. The number of aryl methyl sites for hydroxylation is 2. The van der Waals surface area contributed by atoms with Gasteiger partial charge in [-0.1, -0.05) is 76.5 Å². The summed E-state index contributed by atoms with van der Waals surface area (Å²) in [6.45, 7) is 19.1.